The van der Waals surface area contributed by atoms with Crippen LogP contribution in [0.5, 0.6) is 0 Å². The Morgan fingerprint density at radius 3 is 2.70 bits per heavy atom. The van der Waals surface area contributed by atoms with Crippen LogP contribution in [0.1, 0.15) is 45.1 Å². The van der Waals surface area contributed by atoms with Crippen LogP contribution in [-0.2, 0) is 6.42 Å². The van der Waals surface area contributed by atoms with Gasteiger partial charge in [-0.3, -0.25) is 24.5 Å². The number of aromatic nitrogens is 5. The molecule has 1 aliphatic rings. The number of fused-ring (bicyclic) bond motifs is 3. The number of carbonyl (C=O) groups excluding carboxylic acids is 1. The molecule has 0 saturated heterocycles. The highest BCUT2D eigenvalue weighted by Gasteiger charge is 2.30. The van der Waals surface area contributed by atoms with Crippen molar-refractivity contribution in [3.8, 4) is 5.95 Å². The summed E-state index contributed by atoms with van der Waals surface area (Å²) in [6, 6.07) is 9.45. The number of nitrogens with one attached hydrogen (secondary N) is 2. The average Bonchev–Trinajstić information content (AvgIpc) is 3.04. The molecule has 4 aromatic rings. The molecule has 150 valence electrons. The Labute approximate surface area is 170 Å². The van der Waals surface area contributed by atoms with Crippen LogP contribution in [-0.4, -0.2) is 30.5 Å². The number of pyridine rings is 1. The minimum absolute atomic E-state index is 0.00449. The van der Waals surface area contributed by atoms with Crippen molar-refractivity contribution in [1.82, 2.24) is 24.7 Å². The van der Waals surface area contributed by atoms with Gasteiger partial charge in [0.1, 0.15) is 0 Å². The van der Waals surface area contributed by atoms with Gasteiger partial charge in [-0.05, 0) is 37.3 Å². The van der Waals surface area contributed by atoms with E-state index in [2.05, 4.69) is 26.1 Å². The maximum absolute atomic E-state index is 13.2. The highest BCUT2D eigenvalue weighted by atomic mass is 16.1. The van der Waals surface area contributed by atoms with Crippen molar-refractivity contribution >= 4 is 16.8 Å². The monoisotopic (exact) mass is 401 g/mol. The van der Waals surface area contributed by atoms with E-state index in [4.69, 9.17) is 0 Å². The van der Waals surface area contributed by atoms with E-state index in [9.17, 15) is 14.4 Å². The number of rotatable bonds is 2. The summed E-state index contributed by atoms with van der Waals surface area (Å²) in [5.41, 5.74) is 3.50. The van der Waals surface area contributed by atoms with Gasteiger partial charge in [0, 0.05) is 29.9 Å². The molecule has 0 radical (unpaired) electrons. The first-order chi connectivity index (χ1) is 14.4. The van der Waals surface area contributed by atoms with Crippen LogP contribution in [0, 0.1) is 13.8 Å². The Morgan fingerprint density at radius 2 is 1.93 bits per heavy atom. The Kier molecular flexibility index (Phi) is 4.02. The molecule has 0 spiro atoms. The number of carbonyl (C=O) groups is 1. The van der Waals surface area contributed by atoms with E-state index < -0.39 is 0 Å². The molecule has 1 aliphatic carbocycles. The minimum atomic E-state index is -0.388. The second kappa shape index (κ2) is 6.62. The highest BCUT2D eigenvalue weighted by Crippen LogP contribution is 2.35. The lowest BCUT2D eigenvalue weighted by atomic mass is 9.79. The van der Waals surface area contributed by atoms with Crippen LogP contribution in [0.4, 0.5) is 0 Å². The SMILES string of the molecule is Cc1cccc([C@@H]2CC(=O)c3cnc4[nH]n(-c5nc(C)cc(=O)[nH]5)c(=O)c4c3C2)c1. The second-order valence-corrected chi connectivity index (χ2v) is 7.78. The maximum Gasteiger partial charge on any atom is 0.283 e. The number of H-pyrrole nitrogens is 2. The summed E-state index contributed by atoms with van der Waals surface area (Å²) in [4.78, 5) is 49.0. The molecule has 0 saturated carbocycles. The molecule has 0 fully saturated rings. The summed E-state index contributed by atoms with van der Waals surface area (Å²) >= 11 is 0. The fraction of sp³-hybridized carbons (Fsp3) is 0.227. The van der Waals surface area contributed by atoms with Gasteiger partial charge >= 0.3 is 0 Å². The molecule has 2 N–H and O–H groups in total. The van der Waals surface area contributed by atoms with E-state index in [0.29, 0.717) is 40.7 Å². The third-order valence-corrected chi connectivity index (χ3v) is 5.59. The smallest absolute Gasteiger partial charge is 0.283 e. The van der Waals surface area contributed by atoms with E-state index in [1.54, 1.807) is 6.92 Å². The lowest BCUT2D eigenvalue weighted by molar-refractivity contribution is 0.0964. The molecular weight excluding hydrogens is 382 g/mol. The van der Waals surface area contributed by atoms with Crippen molar-refractivity contribution in [3.05, 3.63) is 85.2 Å². The number of nitrogens with zero attached hydrogens (tertiary/aromatic N) is 3. The Morgan fingerprint density at radius 1 is 1.10 bits per heavy atom. The molecule has 0 amide bonds. The maximum atomic E-state index is 13.2. The quantitative estimate of drug-likeness (QED) is 0.535. The van der Waals surface area contributed by atoms with Gasteiger partial charge in [-0.2, -0.15) is 4.68 Å². The van der Waals surface area contributed by atoms with Crippen LogP contribution in [0.15, 0.2) is 46.1 Å². The molecule has 0 aliphatic heterocycles. The number of Topliss-reactive ketones (excluding diaryl/α,β-unsaturated/α-hetero) is 1. The standard InChI is InChI=1S/C22H19N5O3/c1-11-4-3-5-13(6-11)14-8-15-16(17(28)9-14)10-23-20-19(15)21(30)27(26-20)22-24-12(2)7-18(29)25-22/h3-7,10,14H,8-9H2,1-2H3,(H,23,26)(H,24,25,29)/t14-/m0/s1. The van der Waals surface area contributed by atoms with Gasteiger partial charge in [0.25, 0.3) is 11.1 Å². The van der Waals surface area contributed by atoms with Gasteiger partial charge in [0.05, 0.1) is 5.39 Å². The van der Waals surface area contributed by atoms with Gasteiger partial charge in [0.15, 0.2) is 11.4 Å². The molecule has 1 aromatic carbocycles. The Balaban J connectivity index is 1.69. The zero-order chi connectivity index (χ0) is 21.0. The summed E-state index contributed by atoms with van der Waals surface area (Å²) in [6.45, 7) is 3.70. The summed E-state index contributed by atoms with van der Waals surface area (Å²) in [6.07, 6.45) is 2.47. The van der Waals surface area contributed by atoms with Crippen LogP contribution >= 0.6 is 0 Å². The first-order valence-electron chi connectivity index (χ1n) is 9.71. The fourth-order valence-corrected chi connectivity index (χ4v) is 4.22. The molecule has 8 nitrogen and oxygen atoms in total. The van der Waals surface area contributed by atoms with Crippen molar-refractivity contribution in [3.63, 3.8) is 0 Å². The van der Waals surface area contributed by atoms with E-state index in [1.807, 2.05) is 25.1 Å². The highest BCUT2D eigenvalue weighted by molar-refractivity contribution is 6.02. The van der Waals surface area contributed by atoms with Crippen molar-refractivity contribution in [2.24, 2.45) is 0 Å². The van der Waals surface area contributed by atoms with E-state index in [0.717, 1.165) is 11.1 Å². The first-order valence-corrected chi connectivity index (χ1v) is 9.71. The normalized spacial score (nSPS) is 16.1. The van der Waals surface area contributed by atoms with Gasteiger partial charge < -0.3 is 0 Å². The largest absolute Gasteiger partial charge is 0.294 e. The third kappa shape index (κ3) is 2.88. The van der Waals surface area contributed by atoms with Gasteiger partial charge in [0.2, 0.25) is 5.95 Å². The Hall–Kier alpha value is -3.81. The fourth-order valence-electron chi connectivity index (χ4n) is 4.22. The number of aromatic amines is 2. The second-order valence-electron chi connectivity index (χ2n) is 7.78. The van der Waals surface area contributed by atoms with Gasteiger partial charge in [-0.1, -0.05) is 29.8 Å². The molecular formula is C22H19N5O3. The van der Waals surface area contributed by atoms with Gasteiger partial charge in [-0.25, -0.2) is 9.97 Å². The molecule has 8 heteroatoms. The average molecular weight is 401 g/mol. The molecule has 3 aromatic heterocycles. The van der Waals surface area contributed by atoms with Crippen molar-refractivity contribution in [1.29, 1.82) is 0 Å². The molecule has 3 heterocycles. The summed E-state index contributed by atoms with van der Waals surface area (Å²) in [5, 5.41) is 3.28. The number of ketones is 1. The molecule has 0 unspecified atom stereocenters. The van der Waals surface area contributed by atoms with Gasteiger partial charge in [-0.15, -0.1) is 0 Å². The van der Waals surface area contributed by atoms with Crippen LogP contribution in [0.2, 0.25) is 0 Å². The van der Waals surface area contributed by atoms with Crippen molar-refractivity contribution in [2.75, 3.05) is 0 Å². The lowest BCUT2D eigenvalue weighted by Gasteiger charge is -2.24. The number of hydrogen-bond acceptors (Lipinski definition) is 5. The molecule has 5 rings (SSSR count). The predicted molar refractivity (Wildman–Crippen MR) is 111 cm³/mol. The lowest BCUT2D eigenvalue weighted by Crippen LogP contribution is -2.24. The van der Waals surface area contributed by atoms with Crippen molar-refractivity contribution < 1.29 is 4.79 Å². The zero-order valence-electron chi connectivity index (χ0n) is 16.5. The predicted octanol–water partition coefficient (Wildman–Crippen LogP) is 2.33. The molecule has 30 heavy (non-hydrogen) atoms. The van der Waals surface area contributed by atoms with E-state index in [1.165, 1.54) is 16.9 Å². The molecule has 0 bridgehead atoms. The zero-order valence-corrected chi connectivity index (χ0v) is 16.5. The first kappa shape index (κ1) is 18.2. The Bertz CT molecular complexity index is 1440. The number of benzene rings is 1. The molecule has 1 atom stereocenters. The topological polar surface area (TPSA) is 114 Å². The summed E-state index contributed by atoms with van der Waals surface area (Å²) in [5.74, 6) is 0.0654. The third-order valence-electron chi connectivity index (χ3n) is 5.59. The van der Waals surface area contributed by atoms with E-state index in [-0.39, 0.29) is 28.8 Å². The van der Waals surface area contributed by atoms with Crippen LogP contribution in [0.25, 0.3) is 17.0 Å². The number of hydrogen-bond donors (Lipinski definition) is 2. The minimum Gasteiger partial charge on any atom is -0.294 e. The summed E-state index contributed by atoms with van der Waals surface area (Å²) < 4.78 is 1.17. The number of aryl methyl sites for hydroxylation is 2. The van der Waals surface area contributed by atoms with Crippen molar-refractivity contribution in [2.45, 2.75) is 32.6 Å². The van der Waals surface area contributed by atoms with Crippen LogP contribution in [0.3, 0.4) is 0 Å². The van der Waals surface area contributed by atoms with E-state index >= 15 is 0 Å². The summed E-state index contributed by atoms with van der Waals surface area (Å²) in [7, 11) is 0. The van der Waals surface area contributed by atoms with Crippen LogP contribution < -0.4 is 11.1 Å².